The van der Waals surface area contributed by atoms with Gasteiger partial charge < -0.3 is 4.84 Å². The first-order valence-electron chi connectivity index (χ1n) is 4.27. The molecular weight excluding hydrogens is 166 g/mol. The van der Waals surface area contributed by atoms with Gasteiger partial charge in [0, 0.05) is 19.3 Å². The summed E-state index contributed by atoms with van der Waals surface area (Å²) in [4.78, 5) is 15.5. The van der Waals surface area contributed by atoms with Crippen LogP contribution in [0.5, 0.6) is 0 Å². The molecule has 1 aromatic rings. The number of hydrogen-bond acceptors (Lipinski definition) is 2. The first-order chi connectivity index (χ1) is 5.89. The molecule has 0 amide bonds. The second kappa shape index (κ2) is 3.24. The van der Waals surface area contributed by atoms with Crippen LogP contribution in [0.15, 0.2) is 18.5 Å². The Bertz CT molecular complexity index is 307. The van der Waals surface area contributed by atoms with Gasteiger partial charge in [-0.3, -0.25) is 0 Å². The fourth-order valence-electron chi connectivity index (χ4n) is 1.03. The zero-order chi connectivity index (χ0) is 10.1. The fourth-order valence-corrected chi connectivity index (χ4v) is 1.03. The molecule has 0 radical (unpaired) electrons. The Kier molecular flexibility index (Phi) is 2.45. The van der Waals surface area contributed by atoms with Crippen molar-refractivity contribution >= 4 is 5.97 Å². The lowest BCUT2D eigenvalue weighted by atomic mass is 9.89. The third kappa shape index (κ3) is 2.61. The normalized spacial score (nSPS) is 11.4. The standard InChI is InChI=1S/C10H15NO2/c1-8(12)13-11-6-5-9(7-11)10(2,3)4/h5-7H,1-4H3. The number of rotatable bonds is 1. The van der Waals surface area contributed by atoms with Gasteiger partial charge in [-0.2, -0.15) is 4.73 Å². The molecule has 13 heavy (non-hydrogen) atoms. The fraction of sp³-hybridized carbons (Fsp3) is 0.500. The first-order valence-corrected chi connectivity index (χ1v) is 4.27. The van der Waals surface area contributed by atoms with Gasteiger partial charge in [-0.25, -0.2) is 4.79 Å². The minimum atomic E-state index is -0.309. The topological polar surface area (TPSA) is 31.2 Å². The second-order valence-corrected chi connectivity index (χ2v) is 4.09. The Balaban J connectivity index is 2.81. The van der Waals surface area contributed by atoms with Crippen molar-refractivity contribution in [3.05, 3.63) is 24.0 Å². The van der Waals surface area contributed by atoms with E-state index in [1.54, 1.807) is 6.20 Å². The van der Waals surface area contributed by atoms with Crippen LogP contribution in [0.25, 0.3) is 0 Å². The van der Waals surface area contributed by atoms with E-state index in [9.17, 15) is 4.79 Å². The van der Waals surface area contributed by atoms with Crippen LogP contribution in [0.4, 0.5) is 0 Å². The summed E-state index contributed by atoms with van der Waals surface area (Å²) in [6.07, 6.45) is 3.56. The molecule has 0 unspecified atom stereocenters. The Morgan fingerprint density at radius 1 is 1.46 bits per heavy atom. The van der Waals surface area contributed by atoms with E-state index in [0.717, 1.165) is 5.56 Å². The summed E-state index contributed by atoms with van der Waals surface area (Å²) in [5, 5.41) is 0. The molecule has 0 fully saturated rings. The Morgan fingerprint density at radius 2 is 2.08 bits per heavy atom. The SMILES string of the molecule is CC(=O)On1ccc(C(C)(C)C)c1. The lowest BCUT2D eigenvalue weighted by Crippen LogP contribution is -2.15. The van der Waals surface area contributed by atoms with E-state index in [1.165, 1.54) is 11.7 Å². The highest BCUT2D eigenvalue weighted by molar-refractivity contribution is 5.66. The molecule has 72 valence electrons. The third-order valence-electron chi connectivity index (χ3n) is 1.77. The Morgan fingerprint density at radius 3 is 2.46 bits per heavy atom. The molecule has 1 aromatic heterocycles. The van der Waals surface area contributed by atoms with Crippen molar-refractivity contribution in [3.63, 3.8) is 0 Å². The van der Waals surface area contributed by atoms with Crippen molar-refractivity contribution in [2.24, 2.45) is 0 Å². The number of aromatic nitrogens is 1. The van der Waals surface area contributed by atoms with E-state index in [4.69, 9.17) is 4.84 Å². The summed E-state index contributed by atoms with van der Waals surface area (Å²) in [5.41, 5.74) is 1.24. The lowest BCUT2D eigenvalue weighted by molar-refractivity contribution is -0.141. The van der Waals surface area contributed by atoms with E-state index in [2.05, 4.69) is 20.8 Å². The molecule has 0 bridgehead atoms. The summed E-state index contributed by atoms with van der Waals surface area (Å²) >= 11 is 0. The van der Waals surface area contributed by atoms with E-state index in [1.807, 2.05) is 12.3 Å². The first kappa shape index (κ1) is 9.84. The molecule has 1 heterocycles. The van der Waals surface area contributed by atoms with Crippen molar-refractivity contribution in [2.75, 3.05) is 0 Å². The summed E-state index contributed by atoms with van der Waals surface area (Å²) in [6, 6.07) is 1.95. The van der Waals surface area contributed by atoms with E-state index >= 15 is 0 Å². The van der Waals surface area contributed by atoms with Gasteiger partial charge in [0.25, 0.3) is 0 Å². The van der Waals surface area contributed by atoms with Crippen molar-refractivity contribution in [1.82, 2.24) is 4.73 Å². The monoisotopic (exact) mass is 181 g/mol. The van der Waals surface area contributed by atoms with Crippen LogP contribution in [0.1, 0.15) is 33.3 Å². The van der Waals surface area contributed by atoms with E-state index in [-0.39, 0.29) is 11.4 Å². The Hall–Kier alpha value is -1.25. The molecule has 0 spiro atoms. The van der Waals surface area contributed by atoms with E-state index in [0.29, 0.717) is 0 Å². The molecule has 0 saturated carbocycles. The van der Waals surface area contributed by atoms with Crippen molar-refractivity contribution in [3.8, 4) is 0 Å². The summed E-state index contributed by atoms with van der Waals surface area (Å²) < 4.78 is 1.43. The number of carbonyl (C=O) groups excluding carboxylic acids is 1. The predicted molar refractivity (Wildman–Crippen MR) is 50.4 cm³/mol. The highest BCUT2D eigenvalue weighted by atomic mass is 16.7. The van der Waals surface area contributed by atoms with Crippen molar-refractivity contribution in [1.29, 1.82) is 0 Å². The van der Waals surface area contributed by atoms with Gasteiger partial charge in [-0.15, -0.1) is 0 Å². The number of nitrogens with zero attached hydrogens (tertiary/aromatic N) is 1. The Labute approximate surface area is 78.3 Å². The van der Waals surface area contributed by atoms with E-state index < -0.39 is 0 Å². The van der Waals surface area contributed by atoms with Gasteiger partial charge in [0.2, 0.25) is 0 Å². The molecule has 0 saturated heterocycles. The maximum absolute atomic E-state index is 10.6. The van der Waals surface area contributed by atoms with Crippen LogP contribution >= 0.6 is 0 Å². The number of carbonyl (C=O) groups is 1. The van der Waals surface area contributed by atoms with Crippen LogP contribution in [0.2, 0.25) is 0 Å². The molecule has 0 aromatic carbocycles. The molecule has 3 nitrogen and oxygen atoms in total. The van der Waals surface area contributed by atoms with Gasteiger partial charge in [-0.05, 0) is 17.0 Å². The zero-order valence-corrected chi connectivity index (χ0v) is 8.50. The van der Waals surface area contributed by atoms with Gasteiger partial charge in [0.05, 0.1) is 0 Å². The summed E-state index contributed by atoms with van der Waals surface area (Å²) in [6.45, 7) is 7.72. The zero-order valence-electron chi connectivity index (χ0n) is 8.50. The van der Waals surface area contributed by atoms with Gasteiger partial charge in [-0.1, -0.05) is 20.8 Å². The molecule has 1 rings (SSSR count). The largest absolute Gasteiger partial charge is 0.337 e. The maximum Gasteiger partial charge on any atom is 0.329 e. The van der Waals surface area contributed by atoms with Crippen LogP contribution in [-0.2, 0) is 10.2 Å². The van der Waals surface area contributed by atoms with Crippen LogP contribution < -0.4 is 4.84 Å². The quantitative estimate of drug-likeness (QED) is 0.661. The third-order valence-corrected chi connectivity index (χ3v) is 1.77. The minimum absolute atomic E-state index is 0.0887. The maximum atomic E-state index is 10.6. The van der Waals surface area contributed by atoms with Crippen LogP contribution in [0, 0.1) is 0 Å². The van der Waals surface area contributed by atoms with Crippen LogP contribution in [0.3, 0.4) is 0 Å². The predicted octanol–water partition coefficient (Wildman–Crippen LogP) is 1.76. The average molecular weight is 181 g/mol. The summed E-state index contributed by atoms with van der Waals surface area (Å²) in [5.74, 6) is -0.309. The van der Waals surface area contributed by atoms with Crippen LogP contribution in [-0.4, -0.2) is 10.7 Å². The van der Waals surface area contributed by atoms with Gasteiger partial charge >= 0.3 is 5.97 Å². The second-order valence-electron chi connectivity index (χ2n) is 4.09. The average Bonchev–Trinajstić information content (AvgIpc) is 2.32. The van der Waals surface area contributed by atoms with Crippen molar-refractivity contribution < 1.29 is 9.63 Å². The van der Waals surface area contributed by atoms with Gasteiger partial charge in [0.1, 0.15) is 0 Å². The molecular formula is C10H15NO2. The molecule has 0 atom stereocenters. The molecule has 0 N–H and O–H groups in total. The van der Waals surface area contributed by atoms with Gasteiger partial charge in [0.15, 0.2) is 0 Å². The molecule has 0 aliphatic carbocycles. The van der Waals surface area contributed by atoms with Crippen molar-refractivity contribution in [2.45, 2.75) is 33.1 Å². The lowest BCUT2D eigenvalue weighted by Gasteiger charge is -2.15. The molecule has 0 aliphatic rings. The highest BCUT2D eigenvalue weighted by Crippen LogP contribution is 2.21. The molecule has 3 heteroatoms. The smallest absolute Gasteiger partial charge is 0.329 e. The highest BCUT2D eigenvalue weighted by Gasteiger charge is 2.15. The summed E-state index contributed by atoms with van der Waals surface area (Å²) in [7, 11) is 0. The minimum Gasteiger partial charge on any atom is -0.337 e. The number of hydrogen-bond donors (Lipinski definition) is 0. The molecule has 0 aliphatic heterocycles.